The normalized spacial score (nSPS) is 13.9. The van der Waals surface area contributed by atoms with Gasteiger partial charge < -0.3 is 0 Å². The van der Waals surface area contributed by atoms with Gasteiger partial charge in [0.15, 0.2) is 0 Å². The number of rotatable bonds is 3. The molecular formula is C33H30F3NS. The molecule has 0 radical (unpaired) electrons. The van der Waals surface area contributed by atoms with Crippen LogP contribution in [0, 0.1) is 10.8 Å². The van der Waals surface area contributed by atoms with E-state index in [1.807, 2.05) is 30.5 Å². The van der Waals surface area contributed by atoms with E-state index in [-0.39, 0.29) is 11.8 Å². The number of aromatic nitrogens is 1. The molecule has 0 bridgehead atoms. The zero-order chi connectivity index (χ0) is 27.0. The van der Waals surface area contributed by atoms with E-state index in [1.165, 1.54) is 35.1 Å². The Morgan fingerprint density at radius 1 is 0.763 bits per heavy atom. The SMILES string of the molecule is CC(C)(C)Cc1c2c(cc3ccccc13)-c1nccc3c1c(cc1ccc(CC(C)(C)C(F)(F)F)cc13)S2. The first-order valence-corrected chi connectivity index (χ1v) is 13.8. The Labute approximate surface area is 225 Å². The number of nitrogens with zero attached hydrogens (tertiary/aromatic N) is 1. The molecule has 5 heteroatoms. The standard InChI is InChI=1S/C33H30F3NS/c1-31(2,3)18-26-22-9-7-6-8-20(22)15-25-29-28-23(12-13-37-29)24-14-19(17-32(4,5)33(34,35)36)10-11-21(24)16-27(28)38-30(25)26/h6-16H,17-18H2,1-5H3. The number of hydrogen-bond donors (Lipinski definition) is 0. The van der Waals surface area contributed by atoms with Gasteiger partial charge in [-0.3, -0.25) is 4.98 Å². The summed E-state index contributed by atoms with van der Waals surface area (Å²) in [5, 5.41) is 6.61. The Morgan fingerprint density at radius 2 is 1.50 bits per heavy atom. The maximum absolute atomic E-state index is 13.6. The second kappa shape index (κ2) is 8.47. The summed E-state index contributed by atoms with van der Waals surface area (Å²) in [7, 11) is 0. The molecule has 0 spiro atoms. The van der Waals surface area contributed by atoms with Crippen molar-refractivity contribution in [1.29, 1.82) is 0 Å². The van der Waals surface area contributed by atoms with E-state index >= 15 is 0 Å². The van der Waals surface area contributed by atoms with E-state index in [0.717, 1.165) is 44.1 Å². The molecular weight excluding hydrogens is 499 g/mol. The smallest absolute Gasteiger partial charge is 0.256 e. The summed E-state index contributed by atoms with van der Waals surface area (Å²) < 4.78 is 40.9. The summed E-state index contributed by atoms with van der Waals surface area (Å²) in [4.78, 5) is 7.29. The Bertz CT molecular complexity index is 1740. The Morgan fingerprint density at radius 3 is 2.24 bits per heavy atom. The van der Waals surface area contributed by atoms with Crippen molar-refractivity contribution in [3.8, 4) is 11.3 Å². The lowest BCUT2D eigenvalue weighted by Gasteiger charge is -2.28. The molecule has 0 aliphatic carbocycles. The summed E-state index contributed by atoms with van der Waals surface area (Å²) in [6.07, 6.45) is -1.54. The lowest BCUT2D eigenvalue weighted by molar-refractivity contribution is -0.211. The van der Waals surface area contributed by atoms with Gasteiger partial charge in [-0.15, -0.1) is 0 Å². The molecule has 1 aromatic heterocycles. The van der Waals surface area contributed by atoms with Gasteiger partial charge in [0, 0.05) is 26.9 Å². The molecule has 0 saturated carbocycles. The fourth-order valence-electron chi connectivity index (χ4n) is 5.63. The van der Waals surface area contributed by atoms with Crippen molar-refractivity contribution in [2.75, 3.05) is 0 Å². The van der Waals surface area contributed by atoms with E-state index in [4.69, 9.17) is 4.98 Å². The molecule has 0 amide bonds. The van der Waals surface area contributed by atoms with Crippen molar-refractivity contribution in [1.82, 2.24) is 4.98 Å². The van der Waals surface area contributed by atoms with Crippen LogP contribution in [0.3, 0.4) is 0 Å². The van der Waals surface area contributed by atoms with Crippen LogP contribution in [-0.2, 0) is 12.8 Å². The molecule has 2 heterocycles. The van der Waals surface area contributed by atoms with Crippen LogP contribution in [0.5, 0.6) is 0 Å². The van der Waals surface area contributed by atoms with Crippen LogP contribution in [0.1, 0.15) is 45.7 Å². The third kappa shape index (κ3) is 4.16. The summed E-state index contributed by atoms with van der Waals surface area (Å²) >= 11 is 1.80. The zero-order valence-corrected chi connectivity index (χ0v) is 23.1. The quantitative estimate of drug-likeness (QED) is 0.212. The van der Waals surface area contributed by atoms with Crippen LogP contribution in [0.2, 0.25) is 0 Å². The number of hydrogen-bond acceptors (Lipinski definition) is 2. The van der Waals surface area contributed by atoms with Crippen molar-refractivity contribution in [2.24, 2.45) is 10.8 Å². The summed E-state index contributed by atoms with van der Waals surface area (Å²) in [6, 6.07) is 20.8. The van der Waals surface area contributed by atoms with Gasteiger partial charge in [0.05, 0.1) is 11.1 Å². The van der Waals surface area contributed by atoms with Crippen molar-refractivity contribution < 1.29 is 13.2 Å². The van der Waals surface area contributed by atoms with Crippen molar-refractivity contribution in [3.63, 3.8) is 0 Å². The first-order valence-electron chi connectivity index (χ1n) is 13.0. The summed E-state index contributed by atoms with van der Waals surface area (Å²) in [6.45, 7) is 9.35. The average Bonchev–Trinajstić information content (AvgIpc) is 2.83. The molecule has 0 saturated heterocycles. The lowest BCUT2D eigenvalue weighted by atomic mass is 9.84. The summed E-state index contributed by atoms with van der Waals surface area (Å²) in [5.74, 6) is 0. The molecule has 4 aromatic carbocycles. The second-order valence-corrected chi connectivity index (χ2v) is 13.4. The molecule has 1 aliphatic rings. The minimum atomic E-state index is -4.26. The van der Waals surface area contributed by atoms with Crippen molar-refractivity contribution >= 4 is 44.1 Å². The number of alkyl halides is 3. The van der Waals surface area contributed by atoms with Gasteiger partial charge in [0.2, 0.25) is 0 Å². The van der Waals surface area contributed by atoms with Crippen LogP contribution in [0.4, 0.5) is 13.2 Å². The fourth-order valence-corrected chi connectivity index (χ4v) is 6.91. The molecule has 194 valence electrons. The first kappa shape index (κ1) is 25.2. The van der Waals surface area contributed by atoms with Crippen LogP contribution in [0.15, 0.2) is 76.7 Å². The third-order valence-electron chi connectivity index (χ3n) is 7.58. The maximum Gasteiger partial charge on any atom is 0.394 e. The number of halogens is 3. The topological polar surface area (TPSA) is 12.9 Å². The highest BCUT2D eigenvalue weighted by Crippen LogP contribution is 2.52. The summed E-state index contributed by atoms with van der Waals surface area (Å²) in [5.41, 5.74) is 2.45. The molecule has 1 nitrogen and oxygen atoms in total. The molecule has 1 aliphatic heterocycles. The monoisotopic (exact) mass is 529 g/mol. The minimum absolute atomic E-state index is 0.0621. The van der Waals surface area contributed by atoms with Crippen LogP contribution >= 0.6 is 11.8 Å². The zero-order valence-electron chi connectivity index (χ0n) is 22.3. The highest BCUT2D eigenvalue weighted by Gasteiger charge is 2.47. The molecule has 0 N–H and O–H groups in total. The highest BCUT2D eigenvalue weighted by atomic mass is 32.2. The van der Waals surface area contributed by atoms with Crippen molar-refractivity contribution in [3.05, 3.63) is 78.0 Å². The van der Waals surface area contributed by atoms with E-state index in [1.54, 1.807) is 11.8 Å². The third-order valence-corrected chi connectivity index (χ3v) is 8.80. The van der Waals surface area contributed by atoms with Gasteiger partial charge in [0.1, 0.15) is 0 Å². The van der Waals surface area contributed by atoms with Crippen LogP contribution in [0.25, 0.3) is 43.6 Å². The Kier molecular flexibility index (Phi) is 5.63. The largest absolute Gasteiger partial charge is 0.394 e. The van der Waals surface area contributed by atoms with Crippen LogP contribution in [-0.4, -0.2) is 11.2 Å². The Balaban J connectivity index is 1.60. The number of benzene rings is 4. The van der Waals surface area contributed by atoms with Crippen LogP contribution < -0.4 is 0 Å². The molecule has 5 aromatic rings. The fraction of sp³-hybridized carbons (Fsp3) is 0.303. The van der Waals surface area contributed by atoms with E-state index in [0.29, 0.717) is 5.56 Å². The van der Waals surface area contributed by atoms with Crippen molar-refractivity contribution in [2.45, 2.75) is 63.4 Å². The van der Waals surface area contributed by atoms with Gasteiger partial charge in [-0.05, 0) is 74.5 Å². The highest BCUT2D eigenvalue weighted by molar-refractivity contribution is 8.00. The minimum Gasteiger partial charge on any atom is -0.256 e. The lowest BCUT2D eigenvalue weighted by Crippen LogP contribution is -2.34. The first-order chi connectivity index (χ1) is 17.8. The molecule has 0 fully saturated rings. The predicted molar refractivity (Wildman–Crippen MR) is 153 cm³/mol. The van der Waals surface area contributed by atoms with E-state index in [2.05, 4.69) is 57.2 Å². The molecule has 38 heavy (non-hydrogen) atoms. The predicted octanol–water partition coefficient (Wildman–Crippen LogP) is 10.4. The maximum atomic E-state index is 13.6. The number of fused-ring (bicyclic) bond motifs is 5. The van der Waals surface area contributed by atoms with Gasteiger partial charge >= 0.3 is 6.18 Å². The average molecular weight is 530 g/mol. The Hall–Kier alpha value is -3.05. The molecule has 6 rings (SSSR count). The van der Waals surface area contributed by atoms with Gasteiger partial charge in [-0.2, -0.15) is 13.2 Å². The van der Waals surface area contributed by atoms with E-state index < -0.39 is 11.6 Å². The second-order valence-electron chi connectivity index (χ2n) is 12.4. The molecule has 0 atom stereocenters. The van der Waals surface area contributed by atoms with Gasteiger partial charge in [-0.25, -0.2) is 0 Å². The van der Waals surface area contributed by atoms with E-state index in [9.17, 15) is 13.2 Å². The molecule has 0 unspecified atom stereocenters. The van der Waals surface area contributed by atoms with Gasteiger partial charge in [0.25, 0.3) is 0 Å². The number of pyridine rings is 1. The van der Waals surface area contributed by atoms with Gasteiger partial charge in [-0.1, -0.05) is 88.8 Å².